The lowest BCUT2D eigenvalue weighted by atomic mass is 10.1. The molecule has 1 aromatic carbocycles. The van der Waals surface area contributed by atoms with Crippen LogP contribution in [0, 0.1) is 0 Å². The Morgan fingerprint density at radius 2 is 2.00 bits per heavy atom. The minimum Gasteiger partial charge on any atom is -0.478 e. The number of hydrogen-bond donors (Lipinski definition) is 1. The van der Waals surface area contributed by atoms with E-state index in [1.807, 2.05) is 24.3 Å². The van der Waals surface area contributed by atoms with E-state index in [2.05, 4.69) is 6.92 Å². The molecule has 0 aliphatic heterocycles. The topological polar surface area (TPSA) is 46.5 Å². The zero-order valence-corrected chi connectivity index (χ0v) is 10.8. The zero-order valence-electron chi connectivity index (χ0n) is 10.8. The van der Waals surface area contributed by atoms with E-state index in [1.165, 1.54) is 12.8 Å². The van der Waals surface area contributed by atoms with Crippen LogP contribution in [0.2, 0.25) is 0 Å². The van der Waals surface area contributed by atoms with Crippen molar-refractivity contribution in [3.8, 4) is 0 Å². The fourth-order valence-electron chi connectivity index (χ4n) is 1.54. The monoisotopic (exact) mass is 248 g/mol. The van der Waals surface area contributed by atoms with Gasteiger partial charge in [-0.2, -0.15) is 0 Å². The maximum atomic E-state index is 10.4. The summed E-state index contributed by atoms with van der Waals surface area (Å²) < 4.78 is 5.55. The Bertz CT molecular complexity index is 379. The summed E-state index contributed by atoms with van der Waals surface area (Å²) in [7, 11) is 0. The highest BCUT2D eigenvalue weighted by atomic mass is 16.5. The quantitative estimate of drug-likeness (QED) is 0.566. The van der Waals surface area contributed by atoms with Gasteiger partial charge in [0, 0.05) is 12.7 Å². The second-order valence-corrected chi connectivity index (χ2v) is 4.17. The van der Waals surface area contributed by atoms with Crippen molar-refractivity contribution in [2.75, 3.05) is 6.61 Å². The molecule has 0 unspecified atom stereocenters. The van der Waals surface area contributed by atoms with Crippen LogP contribution in [0.3, 0.4) is 0 Å². The number of benzene rings is 1. The number of unbranched alkanes of at least 4 members (excludes halogenated alkanes) is 2. The lowest BCUT2D eigenvalue weighted by molar-refractivity contribution is -0.131. The molecule has 0 radical (unpaired) electrons. The molecule has 0 bridgehead atoms. The fraction of sp³-hybridized carbons (Fsp3) is 0.400. The third-order valence-electron chi connectivity index (χ3n) is 2.56. The average Bonchev–Trinajstić information content (AvgIpc) is 2.37. The minimum absolute atomic E-state index is 0.618. The molecule has 0 saturated heterocycles. The summed E-state index contributed by atoms with van der Waals surface area (Å²) >= 11 is 0. The standard InChI is InChI=1S/C15H20O3/c1-2-3-4-11-18-12-14-7-5-13(6-8-14)9-10-15(16)17/h5-10H,2-4,11-12H2,1H3,(H,16,17). The summed E-state index contributed by atoms with van der Waals surface area (Å²) in [4.78, 5) is 10.4. The Morgan fingerprint density at radius 1 is 1.28 bits per heavy atom. The van der Waals surface area contributed by atoms with Crippen LogP contribution in [0.15, 0.2) is 30.3 Å². The van der Waals surface area contributed by atoms with Crippen molar-refractivity contribution in [3.05, 3.63) is 41.5 Å². The van der Waals surface area contributed by atoms with E-state index < -0.39 is 5.97 Å². The van der Waals surface area contributed by atoms with Crippen LogP contribution in [0.5, 0.6) is 0 Å². The van der Waals surface area contributed by atoms with Crippen LogP contribution in [-0.4, -0.2) is 17.7 Å². The molecule has 0 atom stereocenters. The first-order chi connectivity index (χ1) is 8.72. The molecule has 3 nitrogen and oxygen atoms in total. The smallest absolute Gasteiger partial charge is 0.328 e. The van der Waals surface area contributed by atoms with Crippen molar-refractivity contribution >= 4 is 12.0 Å². The van der Waals surface area contributed by atoms with Crippen molar-refractivity contribution in [1.29, 1.82) is 0 Å². The molecule has 0 saturated carbocycles. The van der Waals surface area contributed by atoms with Crippen LogP contribution in [-0.2, 0) is 16.1 Å². The van der Waals surface area contributed by atoms with Crippen LogP contribution in [0.25, 0.3) is 6.08 Å². The molecule has 0 aliphatic rings. The van der Waals surface area contributed by atoms with E-state index in [0.717, 1.165) is 30.2 Å². The Hall–Kier alpha value is -1.61. The summed E-state index contributed by atoms with van der Waals surface area (Å²) in [5.41, 5.74) is 1.99. The highest BCUT2D eigenvalue weighted by Gasteiger charge is 1.94. The maximum absolute atomic E-state index is 10.4. The van der Waals surface area contributed by atoms with Gasteiger partial charge in [0.05, 0.1) is 6.61 Å². The van der Waals surface area contributed by atoms with Crippen molar-refractivity contribution in [2.24, 2.45) is 0 Å². The van der Waals surface area contributed by atoms with Crippen LogP contribution >= 0.6 is 0 Å². The molecule has 18 heavy (non-hydrogen) atoms. The maximum Gasteiger partial charge on any atom is 0.328 e. The molecule has 1 N–H and O–H groups in total. The summed E-state index contributed by atoms with van der Waals surface area (Å²) in [6.45, 7) is 3.59. The van der Waals surface area contributed by atoms with Gasteiger partial charge in [-0.3, -0.25) is 0 Å². The van der Waals surface area contributed by atoms with Crippen LogP contribution in [0.1, 0.15) is 37.3 Å². The number of hydrogen-bond acceptors (Lipinski definition) is 2. The van der Waals surface area contributed by atoms with Crippen molar-refractivity contribution in [2.45, 2.75) is 32.8 Å². The third-order valence-corrected chi connectivity index (χ3v) is 2.56. The van der Waals surface area contributed by atoms with E-state index in [1.54, 1.807) is 6.08 Å². The molecule has 0 aliphatic carbocycles. The summed E-state index contributed by atoms with van der Waals surface area (Å²) in [6, 6.07) is 7.71. The fourth-order valence-corrected chi connectivity index (χ4v) is 1.54. The van der Waals surface area contributed by atoms with Gasteiger partial charge in [0.25, 0.3) is 0 Å². The molecular weight excluding hydrogens is 228 g/mol. The molecule has 0 aromatic heterocycles. The number of carbonyl (C=O) groups is 1. The van der Waals surface area contributed by atoms with Gasteiger partial charge in [-0.1, -0.05) is 44.0 Å². The molecule has 1 aromatic rings. The lowest BCUT2D eigenvalue weighted by Crippen LogP contribution is -1.95. The van der Waals surface area contributed by atoms with Gasteiger partial charge < -0.3 is 9.84 Å². The third kappa shape index (κ3) is 6.21. The zero-order chi connectivity index (χ0) is 13.2. The van der Waals surface area contributed by atoms with Crippen molar-refractivity contribution in [3.63, 3.8) is 0 Å². The number of carboxylic acid groups (broad SMARTS) is 1. The minimum atomic E-state index is -0.932. The first kappa shape index (κ1) is 14.5. The Balaban J connectivity index is 2.34. The first-order valence-electron chi connectivity index (χ1n) is 6.30. The van der Waals surface area contributed by atoms with Gasteiger partial charge in [-0.15, -0.1) is 0 Å². The average molecular weight is 248 g/mol. The molecule has 0 spiro atoms. The van der Waals surface area contributed by atoms with Crippen molar-refractivity contribution < 1.29 is 14.6 Å². The molecule has 3 heteroatoms. The highest BCUT2D eigenvalue weighted by molar-refractivity contribution is 5.85. The van der Waals surface area contributed by atoms with E-state index in [-0.39, 0.29) is 0 Å². The summed E-state index contributed by atoms with van der Waals surface area (Å²) in [5, 5.41) is 8.51. The van der Waals surface area contributed by atoms with E-state index in [0.29, 0.717) is 6.61 Å². The van der Waals surface area contributed by atoms with Gasteiger partial charge in [-0.25, -0.2) is 4.79 Å². The second kappa shape index (κ2) is 8.48. The highest BCUT2D eigenvalue weighted by Crippen LogP contribution is 2.08. The largest absolute Gasteiger partial charge is 0.478 e. The predicted octanol–water partition coefficient (Wildman–Crippen LogP) is 3.49. The van der Waals surface area contributed by atoms with Gasteiger partial charge in [-0.05, 0) is 23.6 Å². The van der Waals surface area contributed by atoms with Gasteiger partial charge in [0.15, 0.2) is 0 Å². The number of aliphatic carboxylic acids is 1. The lowest BCUT2D eigenvalue weighted by Gasteiger charge is -2.04. The van der Waals surface area contributed by atoms with E-state index in [9.17, 15) is 4.79 Å². The number of ether oxygens (including phenoxy) is 1. The number of rotatable bonds is 8. The molecular formula is C15H20O3. The van der Waals surface area contributed by atoms with Gasteiger partial charge in [0.2, 0.25) is 0 Å². The van der Waals surface area contributed by atoms with Gasteiger partial charge in [0.1, 0.15) is 0 Å². The molecule has 98 valence electrons. The molecule has 0 fully saturated rings. The van der Waals surface area contributed by atoms with Crippen LogP contribution < -0.4 is 0 Å². The molecule has 1 rings (SSSR count). The summed E-state index contributed by atoms with van der Waals surface area (Å²) in [6.07, 6.45) is 6.23. The number of carboxylic acids is 1. The predicted molar refractivity (Wildman–Crippen MR) is 72.3 cm³/mol. The van der Waals surface area contributed by atoms with Crippen molar-refractivity contribution in [1.82, 2.24) is 0 Å². The Kier molecular flexibility index (Phi) is 6.81. The molecule has 0 heterocycles. The summed E-state index contributed by atoms with van der Waals surface area (Å²) in [5.74, 6) is -0.932. The van der Waals surface area contributed by atoms with Gasteiger partial charge >= 0.3 is 5.97 Å². The first-order valence-corrected chi connectivity index (χ1v) is 6.30. The Labute approximate surface area is 108 Å². The Morgan fingerprint density at radius 3 is 2.61 bits per heavy atom. The molecule has 0 amide bonds. The van der Waals surface area contributed by atoms with E-state index in [4.69, 9.17) is 9.84 Å². The SMILES string of the molecule is CCCCCOCc1ccc(C=CC(=O)O)cc1. The normalized spacial score (nSPS) is 10.9. The second-order valence-electron chi connectivity index (χ2n) is 4.17. The van der Waals surface area contributed by atoms with Crippen LogP contribution in [0.4, 0.5) is 0 Å². The van der Waals surface area contributed by atoms with E-state index >= 15 is 0 Å².